The molecule has 1 amide bonds. The molecule has 0 unspecified atom stereocenters. The van der Waals surface area contributed by atoms with Gasteiger partial charge in [-0.2, -0.15) is 0 Å². The predicted molar refractivity (Wildman–Crippen MR) is 109 cm³/mol. The first-order valence-corrected chi connectivity index (χ1v) is 9.69. The number of carbonyl (C=O) groups excluding carboxylic acids is 1. The number of benzene rings is 2. The summed E-state index contributed by atoms with van der Waals surface area (Å²) in [6, 6.07) is 16.5. The van der Waals surface area contributed by atoms with Gasteiger partial charge in [0.1, 0.15) is 5.75 Å². The fourth-order valence-electron chi connectivity index (χ4n) is 3.57. The molecule has 2 aromatic carbocycles. The Morgan fingerprint density at radius 2 is 1.81 bits per heavy atom. The zero-order valence-electron chi connectivity index (χ0n) is 16.3. The molecule has 1 saturated heterocycles. The fraction of sp³-hybridized carbons (Fsp3) is 0.409. The molecule has 2 N–H and O–H groups in total. The number of piperazine rings is 1. The van der Waals surface area contributed by atoms with Crippen LogP contribution in [0.3, 0.4) is 0 Å². The number of hydrogen-bond donors (Lipinski definition) is 2. The highest BCUT2D eigenvalue weighted by Crippen LogP contribution is 2.18. The van der Waals surface area contributed by atoms with Crippen LogP contribution in [0.1, 0.15) is 11.1 Å². The third kappa shape index (κ3) is 5.47. The van der Waals surface area contributed by atoms with Gasteiger partial charge >= 0.3 is 0 Å². The summed E-state index contributed by atoms with van der Waals surface area (Å²) >= 11 is 0. The summed E-state index contributed by atoms with van der Waals surface area (Å²) in [7, 11) is 1.68. The summed E-state index contributed by atoms with van der Waals surface area (Å²) in [5, 5.41) is 3.07. The predicted octanol–water partition coefficient (Wildman–Crippen LogP) is 1.07. The molecule has 0 atom stereocenters. The molecule has 0 bridgehead atoms. The number of amides is 1. The summed E-state index contributed by atoms with van der Waals surface area (Å²) in [6.07, 6.45) is 0.888. The Morgan fingerprint density at radius 3 is 2.48 bits per heavy atom. The molecule has 27 heavy (non-hydrogen) atoms. The Morgan fingerprint density at radius 1 is 1.11 bits per heavy atom. The van der Waals surface area contributed by atoms with Crippen molar-refractivity contribution in [1.82, 2.24) is 5.32 Å². The quantitative estimate of drug-likeness (QED) is 0.769. The van der Waals surface area contributed by atoms with E-state index in [0.29, 0.717) is 13.1 Å². The number of anilines is 1. The van der Waals surface area contributed by atoms with Crippen LogP contribution in [0.15, 0.2) is 48.5 Å². The Kier molecular flexibility index (Phi) is 6.71. The minimum Gasteiger partial charge on any atom is -0.497 e. The third-order valence-electron chi connectivity index (χ3n) is 5.30. The molecule has 0 aliphatic carbocycles. The number of hydrogen-bond acceptors (Lipinski definition) is 3. The summed E-state index contributed by atoms with van der Waals surface area (Å²) in [6.45, 7) is 7.29. The van der Waals surface area contributed by atoms with Gasteiger partial charge in [-0.25, -0.2) is 0 Å². The Labute approximate surface area is 161 Å². The van der Waals surface area contributed by atoms with Gasteiger partial charge in [0.05, 0.1) is 33.3 Å². The van der Waals surface area contributed by atoms with E-state index in [4.69, 9.17) is 4.74 Å². The third-order valence-corrected chi connectivity index (χ3v) is 5.30. The summed E-state index contributed by atoms with van der Waals surface area (Å²) < 4.78 is 5.22. The van der Waals surface area contributed by atoms with E-state index in [2.05, 4.69) is 47.5 Å². The smallest absolute Gasteiger partial charge is 0.275 e. The lowest BCUT2D eigenvalue weighted by Crippen LogP contribution is -3.16. The number of ether oxygens (including phenoxy) is 1. The van der Waals surface area contributed by atoms with Crippen molar-refractivity contribution in [3.05, 3.63) is 59.7 Å². The highest BCUT2D eigenvalue weighted by molar-refractivity contribution is 5.76. The molecular formula is C22H30N3O2+. The molecule has 0 saturated carbocycles. The highest BCUT2D eigenvalue weighted by atomic mass is 16.5. The van der Waals surface area contributed by atoms with Crippen LogP contribution in [0.4, 0.5) is 5.69 Å². The maximum atomic E-state index is 12.2. The number of nitrogens with zero attached hydrogens (tertiary/aromatic N) is 1. The second-order valence-electron chi connectivity index (χ2n) is 7.14. The van der Waals surface area contributed by atoms with E-state index in [1.54, 1.807) is 7.11 Å². The fourth-order valence-corrected chi connectivity index (χ4v) is 3.57. The normalized spacial score (nSPS) is 14.8. The lowest BCUT2D eigenvalue weighted by molar-refractivity contribution is -0.892. The lowest BCUT2D eigenvalue weighted by atomic mass is 10.1. The van der Waals surface area contributed by atoms with Crippen LogP contribution in [0, 0.1) is 6.92 Å². The number of quaternary nitrogens is 1. The van der Waals surface area contributed by atoms with Gasteiger partial charge in [0.15, 0.2) is 6.54 Å². The van der Waals surface area contributed by atoms with Crippen molar-refractivity contribution in [1.29, 1.82) is 0 Å². The number of methoxy groups -OCH3 is 1. The average Bonchev–Trinajstić information content (AvgIpc) is 2.70. The molecule has 0 spiro atoms. The monoisotopic (exact) mass is 368 g/mol. The van der Waals surface area contributed by atoms with Gasteiger partial charge < -0.3 is 19.9 Å². The van der Waals surface area contributed by atoms with Gasteiger partial charge in [-0.15, -0.1) is 0 Å². The van der Waals surface area contributed by atoms with Crippen molar-refractivity contribution in [3.63, 3.8) is 0 Å². The molecular weight excluding hydrogens is 338 g/mol. The summed E-state index contributed by atoms with van der Waals surface area (Å²) in [5.41, 5.74) is 3.81. The topological polar surface area (TPSA) is 46.0 Å². The van der Waals surface area contributed by atoms with Gasteiger partial charge in [-0.3, -0.25) is 4.79 Å². The van der Waals surface area contributed by atoms with Gasteiger partial charge in [-0.1, -0.05) is 24.3 Å². The van der Waals surface area contributed by atoms with Crippen LogP contribution in [-0.4, -0.2) is 52.3 Å². The number of rotatable bonds is 7. The van der Waals surface area contributed by atoms with E-state index in [9.17, 15) is 4.79 Å². The second kappa shape index (κ2) is 9.42. The minimum atomic E-state index is 0.150. The Balaban J connectivity index is 1.38. The van der Waals surface area contributed by atoms with Crippen molar-refractivity contribution in [2.24, 2.45) is 0 Å². The minimum absolute atomic E-state index is 0.150. The van der Waals surface area contributed by atoms with Crippen molar-refractivity contribution in [3.8, 4) is 5.75 Å². The van der Waals surface area contributed by atoms with E-state index in [-0.39, 0.29) is 5.91 Å². The van der Waals surface area contributed by atoms with Crippen LogP contribution < -0.4 is 19.9 Å². The first-order chi connectivity index (χ1) is 13.2. The molecule has 144 valence electrons. The van der Waals surface area contributed by atoms with Gasteiger partial charge in [-0.05, 0) is 48.7 Å². The molecule has 2 aromatic rings. The number of aryl methyl sites for hydroxylation is 1. The zero-order chi connectivity index (χ0) is 19.1. The lowest BCUT2D eigenvalue weighted by Gasteiger charge is -2.33. The van der Waals surface area contributed by atoms with Crippen molar-refractivity contribution in [2.45, 2.75) is 13.3 Å². The van der Waals surface area contributed by atoms with E-state index >= 15 is 0 Å². The summed E-state index contributed by atoms with van der Waals surface area (Å²) in [4.78, 5) is 16.0. The maximum Gasteiger partial charge on any atom is 0.275 e. The molecule has 5 heteroatoms. The standard InChI is InChI=1S/C22H29N3O2/c1-18-5-3-4-6-19(18)11-12-23-22(26)17-24-13-15-25(16-14-24)20-7-9-21(27-2)10-8-20/h3-10H,11-17H2,1-2H3,(H,23,26)/p+1. The van der Waals surface area contributed by atoms with Crippen LogP contribution in [0.2, 0.25) is 0 Å². The van der Waals surface area contributed by atoms with Crippen LogP contribution in [0.25, 0.3) is 0 Å². The van der Waals surface area contributed by atoms with Crippen molar-refractivity contribution >= 4 is 11.6 Å². The maximum absolute atomic E-state index is 12.2. The first kappa shape index (κ1) is 19.2. The number of carbonyl (C=O) groups is 1. The first-order valence-electron chi connectivity index (χ1n) is 9.69. The van der Waals surface area contributed by atoms with Gasteiger partial charge in [0.2, 0.25) is 0 Å². The molecule has 1 fully saturated rings. The van der Waals surface area contributed by atoms with Crippen LogP contribution in [0.5, 0.6) is 5.75 Å². The van der Waals surface area contributed by atoms with E-state index in [1.807, 2.05) is 18.2 Å². The molecule has 3 rings (SSSR count). The van der Waals surface area contributed by atoms with Gasteiger partial charge in [0.25, 0.3) is 5.91 Å². The van der Waals surface area contributed by atoms with E-state index in [0.717, 1.165) is 38.3 Å². The van der Waals surface area contributed by atoms with Crippen molar-refractivity contribution < 1.29 is 14.4 Å². The Hall–Kier alpha value is -2.53. The van der Waals surface area contributed by atoms with Gasteiger partial charge in [0, 0.05) is 12.2 Å². The van der Waals surface area contributed by atoms with Crippen LogP contribution >= 0.6 is 0 Å². The second-order valence-corrected chi connectivity index (χ2v) is 7.14. The average molecular weight is 369 g/mol. The molecule has 1 heterocycles. The van der Waals surface area contributed by atoms with E-state index < -0.39 is 0 Å². The molecule has 5 nitrogen and oxygen atoms in total. The zero-order valence-corrected chi connectivity index (χ0v) is 16.3. The van der Waals surface area contributed by atoms with Crippen molar-refractivity contribution in [2.75, 3.05) is 51.3 Å². The summed E-state index contributed by atoms with van der Waals surface area (Å²) in [5.74, 6) is 1.03. The highest BCUT2D eigenvalue weighted by Gasteiger charge is 2.22. The molecule has 1 aliphatic rings. The largest absolute Gasteiger partial charge is 0.497 e. The van der Waals surface area contributed by atoms with E-state index in [1.165, 1.54) is 21.7 Å². The van der Waals surface area contributed by atoms with Crippen LogP contribution in [-0.2, 0) is 11.2 Å². The molecule has 0 radical (unpaired) electrons. The molecule has 0 aromatic heterocycles. The molecule has 1 aliphatic heterocycles. The Bertz CT molecular complexity index is 737. The SMILES string of the molecule is COc1ccc(N2CC[NH+](CC(=O)NCCc3ccccc3C)CC2)cc1. The number of nitrogens with one attached hydrogen (secondary N) is 2.